The molecule has 2 aromatic rings. The van der Waals surface area contributed by atoms with Crippen LogP contribution in [0.25, 0.3) is 0 Å². The maximum Gasteiger partial charge on any atom is 0.129 e. The normalized spacial score (nSPS) is 24.0. The number of rotatable bonds is 4. The van der Waals surface area contributed by atoms with Crippen LogP contribution in [-0.4, -0.2) is 21.6 Å². The average Bonchev–Trinajstić information content (AvgIpc) is 2.83. The molecule has 24 heavy (non-hydrogen) atoms. The van der Waals surface area contributed by atoms with Crippen molar-refractivity contribution in [2.75, 3.05) is 5.32 Å². The molecular weight excluding hydrogens is 300 g/mol. The molecule has 3 N–H and O–H groups in total. The van der Waals surface area contributed by atoms with Gasteiger partial charge in [-0.05, 0) is 43.9 Å². The number of ether oxygens (including phenoxy) is 1. The molecule has 126 valence electrons. The Labute approximate surface area is 142 Å². The molecule has 0 atom stereocenters. The van der Waals surface area contributed by atoms with Gasteiger partial charge in [0.05, 0.1) is 0 Å². The number of benzene rings is 1. The Morgan fingerprint density at radius 3 is 2.88 bits per heavy atom. The predicted octanol–water partition coefficient (Wildman–Crippen LogP) is 3.01. The fraction of sp³-hybridized carbons (Fsp3) is 0.474. The van der Waals surface area contributed by atoms with E-state index in [0.717, 1.165) is 43.1 Å². The molecule has 0 bridgehead atoms. The molecule has 2 aliphatic rings. The predicted molar refractivity (Wildman–Crippen MR) is 94.2 cm³/mol. The van der Waals surface area contributed by atoms with Crippen LogP contribution in [0.5, 0.6) is 5.75 Å². The van der Waals surface area contributed by atoms with Crippen molar-refractivity contribution in [2.45, 2.75) is 57.2 Å². The molecular formula is C19H24N4O. The van der Waals surface area contributed by atoms with Gasteiger partial charge in [-0.3, -0.25) is 0 Å². The van der Waals surface area contributed by atoms with Gasteiger partial charge in [-0.15, -0.1) is 0 Å². The van der Waals surface area contributed by atoms with Gasteiger partial charge in [0.15, 0.2) is 0 Å². The SMILES string of the molecule is CC1(C)Cc2cc(CNc3cc(C4CC(N)C4)ncn3)ccc2O1. The molecule has 5 heteroatoms. The molecule has 0 unspecified atom stereocenters. The van der Waals surface area contributed by atoms with Crippen LogP contribution < -0.4 is 15.8 Å². The van der Waals surface area contributed by atoms with Crippen molar-refractivity contribution < 1.29 is 4.74 Å². The third-order valence-electron chi connectivity index (χ3n) is 4.88. The van der Waals surface area contributed by atoms with Crippen LogP contribution in [-0.2, 0) is 13.0 Å². The first kappa shape index (κ1) is 15.4. The molecule has 0 spiro atoms. The Morgan fingerprint density at radius 2 is 2.08 bits per heavy atom. The molecule has 1 fully saturated rings. The summed E-state index contributed by atoms with van der Waals surface area (Å²) in [5.74, 6) is 2.37. The second kappa shape index (κ2) is 5.74. The summed E-state index contributed by atoms with van der Waals surface area (Å²) >= 11 is 0. The number of anilines is 1. The Hall–Kier alpha value is -2.14. The largest absolute Gasteiger partial charge is 0.487 e. The van der Waals surface area contributed by atoms with Gasteiger partial charge >= 0.3 is 0 Å². The van der Waals surface area contributed by atoms with E-state index in [1.54, 1.807) is 6.33 Å². The van der Waals surface area contributed by atoms with E-state index >= 15 is 0 Å². The van der Waals surface area contributed by atoms with E-state index in [1.165, 1.54) is 11.1 Å². The minimum absolute atomic E-state index is 0.0977. The molecule has 0 radical (unpaired) electrons. The van der Waals surface area contributed by atoms with Crippen LogP contribution in [0.1, 0.15) is 49.4 Å². The molecule has 1 aromatic heterocycles. The number of aromatic nitrogens is 2. The topological polar surface area (TPSA) is 73.1 Å². The van der Waals surface area contributed by atoms with Crippen molar-refractivity contribution in [1.29, 1.82) is 0 Å². The van der Waals surface area contributed by atoms with Crippen LogP contribution in [0.15, 0.2) is 30.6 Å². The molecule has 0 saturated heterocycles. The lowest BCUT2D eigenvalue weighted by atomic mass is 9.79. The summed E-state index contributed by atoms with van der Waals surface area (Å²) in [4.78, 5) is 8.72. The van der Waals surface area contributed by atoms with Crippen molar-refractivity contribution in [2.24, 2.45) is 5.73 Å². The van der Waals surface area contributed by atoms with E-state index in [-0.39, 0.29) is 5.60 Å². The number of nitrogens with zero attached hydrogens (tertiary/aromatic N) is 2. The number of hydrogen-bond acceptors (Lipinski definition) is 5. The van der Waals surface area contributed by atoms with Crippen LogP contribution in [0.4, 0.5) is 5.82 Å². The second-order valence-corrected chi connectivity index (χ2v) is 7.59. The highest BCUT2D eigenvalue weighted by Crippen LogP contribution is 2.36. The fourth-order valence-corrected chi connectivity index (χ4v) is 3.56. The van der Waals surface area contributed by atoms with E-state index in [0.29, 0.717) is 12.0 Å². The van der Waals surface area contributed by atoms with Crippen LogP contribution in [0.3, 0.4) is 0 Å². The molecule has 1 saturated carbocycles. The van der Waals surface area contributed by atoms with E-state index in [2.05, 4.69) is 53.4 Å². The Kier molecular flexibility index (Phi) is 3.68. The standard InChI is InChI=1S/C19H24N4O/c1-19(2)9-14-5-12(3-4-17(14)24-19)10-21-18-8-16(22-11-23-18)13-6-15(20)7-13/h3-5,8,11,13,15H,6-7,9-10,20H2,1-2H3,(H,21,22,23). The maximum atomic E-state index is 5.93. The zero-order valence-corrected chi connectivity index (χ0v) is 14.2. The molecule has 0 amide bonds. The minimum atomic E-state index is -0.0977. The molecule has 5 nitrogen and oxygen atoms in total. The Morgan fingerprint density at radius 1 is 1.25 bits per heavy atom. The number of nitrogens with one attached hydrogen (secondary N) is 1. The minimum Gasteiger partial charge on any atom is -0.487 e. The molecule has 1 aromatic carbocycles. The van der Waals surface area contributed by atoms with Crippen molar-refractivity contribution >= 4 is 5.82 Å². The van der Waals surface area contributed by atoms with Gasteiger partial charge in [0.25, 0.3) is 0 Å². The van der Waals surface area contributed by atoms with E-state index in [9.17, 15) is 0 Å². The van der Waals surface area contributed by atoms with Crippen LogP contribution in [0.2, 0.25) is 0 Å². The van der Waals surface area contributed by atoms with Crippen molar-refractivity contribution in [3.8, 4) is 5.75 Å². The highest BCUT2D eigenvalue weighted by atomic mass is 16.5. The average molecular weight is 324 g/mol. The first-order chi connectivity index (χ1) is 11.5. The summed E-state index contributed by atoms with van der Waals surface area (Å²) in [7, 11) is 0. The maximum absolute atomic E-state index is 5.93. The van der Waals surface area contributed by atoms with Gasteiger partial charge in [0.1, 0.15) is 23.5 Å². The summed E-state index contributed by atoms with van der Waals surface area (Å²) in [6, 6.07) is 8.79. The summed E-state index contributed by atoms with van der Waals surface area (Å²) in [5.41, 5.74) is 9.39. The molecule has 1 aliphatic heterocycles. The summed E-state index contributed by atoms with van der Waals surface area (Å²) < 4.78 is 5.93. The summed E-state index contributed by atoms with van der Waals surface area (Å²) in [6.45, 7) is 4.99. The van der Waals surface area contributed by atoms with E-state index < -0.39 is 0 Å². The van der Waals surface area contributed by atoms with Gasteiger partial charge in [-0.25, -0.2) is 9.97 Å². The van der Waals surface area contributed by atoms with E-state index in [1.807, 2.05) is 0 Å². The second-order valence-electron chi connectivity index (χ2n) is 7.59. The van der Waals surface area contributed by atoms with Gasteiger partial charge < -0.3 is 15.8 Å². The highest BCUT2D eigenvalue weighted by molar-refractivity contribution is 5.44. The van der Waals surface area contributed by atoms with Crippen LogP contribution >= 0.6 is 0 Å². The highest BCUT2D eigenvalue weighted by Gasteiger charge is 2.30. The third-order valence-corrected chi connectivity index (χ3v) is 4.88. The lowest BCUT2D eigenvalue weighted by Gasteiger charge is -2.31. The van der Waals surface area contributed by atoms with Gasteiger partial charge in [-0.1, -0.05) is 12.1 Å². The lowest BCUT2D eigenvalue weighted by Crippen LogP contribution is -2.35. The first-order valence-electron chi connectivity index (χ1n) is 8.61. The smallest absolute Gasteiger partial charge is 0.129 e. The fourth-order valence-electron chi connectivity index (χ4n) is 3.56. The molecule has 4 rings (SSSR count). The molecule has 2 heterocycles. The summed E-state index contributed by atoms with van der Waals surface area (Å²) in [6.07, 6.45) is 4.64. The molecule has 1 aliphatic carbocycles. The Bertz CT molecular complexity index is 753. The number of nitrogens with two attached hydrogens (primary N) is 1. The van der Waals surface area contributed by atoms with Gasteiger partial charge in [0, 0.05) is 36.7 Å². The lowest BCUT2D eigenvalue weighted by molar-refractivity contribution is 0.138. The number of hydrogen-bond donors (Lipinski definition) is 2. The quantitative estimate of drug-likeness (QED) is 0.904. The zero-order chi connectivity index (χ0) is 16.7. The van der Waals surface area contributed by atoms with Gasteiger partial charge in [0.2, 0.25) is 0 Å². The van der Waals surface area contributed by atoms with Crippen molar-refractivity contribution in [3.63, 3.8) is 0 Å². The monoisotopic (exact) mass is 324 g/mol. The third kappa shape index (κ3) is 3.08. The first-order valence-corrected chi connectivity index (χ1v) is 8.61. The number of fused-ring (bicyclic) bond motifs is 1. The zero-order valence-electron chi connectivity index (χ0n) is 14.2. The van der Waals surface area contributed by atoms with E-state index in [4.69, 9.17) is 10.5 Å². The summed E-state index contributed by atoms with van der Waals surface area (Å²) in [5, 5.41) is 3.40. The van der Waals surface area contributed by atoms with Crippen LogP contribution in [0, 0.1) is 0 Å². The van der Waals surface area contributed by atoms with Crippen molar-refractivity contribution in [1.82, 2.24) is 9.97 Å². The van der Waals surface area contributed by atoms with Crippen molar-refractivity contribution in [3.05, 3.63) is 47.4 Å². The Balaban J connectivity index is 1.42. The van der Waals surface area contributed by atoms with Gasteiger partial charge in [-0.2, -0.15) is 0 Å².